The molecular weight excluding hydrogens is 238 g/mol. The van der Waals surface area contributed by atoms with Crippen molar-refractivity contribution in [2.24, 2.45) is 12.9 Å². The molecule has 0 saturated heterocycles. The van der Waals surface area contributed by atoms with Crippen LogP contribution in [0.15, 0.2) is 12.3 Å². The third kappa shape index (κ3) is 2.83. The van der Waals surface area contributed by atoms with E-state index in [4.69, 9.17) is 5.84 Å². The first kappa shape index (κ1) is 14.5. The number of hydrogen-bond acceptors (Lipinski definition) is 4. The number of rotatable bonds is 6. The van der Waals surface area contributed by atoms with E-state index in [1.807, 2.05) is 17.9 Å². The van der Waals surface area contributed by atoms with Gasteiger partial charge in [0.15, 0.2) is 0 Å². The second-order valence-electron chi connectivity index (χ2n) is 5.91. The lowest BCUT2D eigenvalue weighted by Crippen LogP contribution is -2.59. The molecule has 0 bridgehead atoms. The Balaban J connectivity index is 2.04. The van der Waals surface area contributed by atoms with Crippen molar-refractivity contribution >= 4 is 0 Å². The molecule has 1 aromatic heterocycles. The van der Waals surface area contributed by atoms with Crippen molar-refractivity contribution in [2.45, 2.75) is 50.1 Å². The summed E-state index contributed by atoms with van der Waals surface area (Å²) < 4.78 is 1.95. The van der Waals surface area contributed by atoms with Crippen LogP contribution in [0.5, 0.6) is 0 Å². The average molecular weight is 265 g/mol. The zero-order chi connectivity index (χ0) is 13.9. The molecule has 1 heterocycles. The average Bonchev–Trinajstić information content (AvgIpc) is 3.01. The zero-order valence-corrected chi connectivity index (χ0v) is 12.4. The van der Waals surface area contributed by atoms with Gasteiger partial charge in [0.1, 0.15) is 0 Å². The summed E-state index contributed by atoms with van der Waals surface area (Å²) in [6.45, 7) is 0. The van der Waals surface area contributed by atoms with Gasteiger partial charge in [-0.2, -0.15) is 5.10 Å². The molecule has 5 heteroatoms. The summed E-state index contributed by atoms with van der Waals surface area (Å²) in [5, 5.41) is 4.22. The van der Waals surface area contributed by atoms with E-state index in [1.165, 1.54) is 31.4 Å². The second-order valence-corrected chi connectivity index (χ2v) is 5.91. The molecule has 0 radical (unpaired) electrons. The standard InChI is InChI=1S/C14H27N5/c1-18(2)14(9-4-5-10-14)13(17-15)7-6-12-8-11-16-19(12)3/h8,11,13,17H,4-7,9-10,15H2,1-3H3. The van der Waals surface area contributed by atoms with Crippen LogP contribution in [0.2, 0.25) is 0 Å². The Morgan fingerprint density at radius 3 is 2.63 bits per heavy atom. The molecule has 0 amide bonds. The van der Waals surface area contributed by atoms with Gasteiger partial charge in [0, 0.05) is 30.5 Å². The minimum Gasteiger partial charge on any atom is -0.302 e. The minimum absolute atomic E-state index is 0.216. The maximum Gasteiger partial charge on any atom is 0.0492 e. The molecule has 1 unspecified atom stereocenters. The van der Waals surface area contributed by atoms with Crippen LogP contribution in [-0.2, 0) is 13.5 Å². The Morgan fingerprint density at radius 1 is 1.47 bits per heavy atom. The van der Waals surface area contributed by atoms with E-state index in [0.717, 1.165) is 12.8 Å². The number of nitrogens with two attached hydrogens (primary N) is 1. The molecule has 1 fully saturated rings. The topological polar surface area (TPSA) is 59.1 Å². The molecule has 0 spiro atoms. The molecular formula is C14H27N5. The minimum atomic E-state index is 0.216. The number of hydrazine groups is 1. The number of aromatic nitrogens is 2. The van der Waals surface area contributed by atoms with Crippen LogP contribution in [0.4, 0.5) is 0 Å². The Labute approximate surface area is 116 Å². The van der Waals surface area contributed by atoms with Crippen molar-refractivity contribution in [2.75, 3.05) is 14.1 Å². The molecule has 5 nitrogen and oxygen atoms in total. The fourth-order valence-corrected chi connectivity index (χ4v) is 3.54. The summed E-state index contributed by atoms with van der Waals surface area (Å²) in [6, 6.07) is 2.42. The van der Waals surface area contributed by atoms with Crippen molar-refractivity contribution in [1.82, 2.24) is 20.1 Å². The predicted octanol–water partition coefficient (Wildman–Crippen LogP) is 1.06. The van der Waals surface area contributed by atoms with Gasteiger partial charge in [-0.1, -0.05) is 12.8 Å². The van der Waals surface area contributed by atoms with Gasteiger partial charge < -0.3 is 4.90 Å². The Hall–Kier alpha value is -0.910. The van der Waals surface area contributed by atoms with E-state index >= 15 is 0 Å². The molecule has 1 aliphatic carbocycles. The Morgan fingerprint density at radius 2 is 2.16 bits per heavy atom. The van der Waals surface area contributed by atoms with Crippen molar-refractivity contribution in [3.8, 4) is 0 Å². The highest BCUT2D eigenvalue weighted by Crippen LogP contribution is 2.37. The molecule has 108 valence electrons. The van der Waals surface area contributed by atoms with Crippen molar-refractivity contribution in [1.29, 1.82) is 0 Å². The molecule has 0 aliphatic heterocycles. The van der Waals surface area contributed by atoms with Crippen LogP contribution in [0.3, 0.4) is 0 Å². The lowest BCUT2D eigenvalue weighted by atomic mass is 9.84. The smallest absolute Gasteiger partial charge is 0.0492 e. The van der Waals surface area contributed by atoms with Crippen LogP contribution in [-0.4, -0.2) is 40.4 Å². The Kier molecular flexibility index (Phi) is 4.60. The maximum absolute atomic E-state index is 5.85. The van der Waals surface area contributed by atoms with Gasteiger partial charge in [-0.15, -0.1) is 0 Å². The van der Waals surface area contributed by atoms with Gasteiger partial charge in [-0.05, 0) is 45.8 Å². The SMILES string of the molecule is CN(C)C1(C(CCc2ccnn2C)NN)CCCC1. The van der Waals surface area contributed by atoms with Crippen molar-refractivity contribution in [3.05, 3.63) is 18.0 Å². The van der Waals surface area contributed by atoms with Crippen LogP contribution >= 0.6 is 0 Å². The zero-order valence-electron chi connectivity index (χ0n) is 12.4. The van der Waals surface area contributed by atoms with Gasteiger partial charge in [-0.3, -0.25) is 16.0 Å². The lowest BCUT2D eigenvalue weighted by Gasteiger charge is -2.43. The summed E-state index contributed by atoms with van der Waals surface area (Å²) in [4.78, 5) is 2.37. The summed E-state index contributed by atoms with van der Waals surface area (Å²) in [7, 11) is 6.36. The highest BCUT2D eigenvalue weighted by atomic mass is 15.3. The largest absolute Gasteiger partial charge is 0.302 e. The second kappa shape index (κ2) is 6.03. The highest BCUT2D eigenvalue weighted by molar-refractivity contribution is 5.05. The van der Waals surface area contributed by atoms with E-state index in [0.29, 0.717) is 6.04 Å². The van der Waals surface area contributed by atoms with Gasteiger partial charge in [0.2, 0.25) is 0 Å². The normalized spacial score (nSPS) is 20.1. The fraction of sp³-hybridized carbons (Fsp3) is 0.786. The maximum atomic E-state index is 5.85. The van der Waals surface area contributed by atoms with E-state index in [9.17, 15) is 0 Å². The molecule has 19 heavy (non-hydrogen) atoms. The third-order valence-corrected chi connectivity index (χ3v) is 4.82. The molecule has 1 saturated carbocycles. The van der Waals surface area contributed by atoms with Gasteiger partial charge in [0.05, 0.1) is 0 Å². The van der Waals surface area contributed by atoms with Crippen molar-refractivity contribution in [3.63, 3.8) is 0 Å². The van der Waals surface area contributed by atoms with Crippen LogP contribution < -0.4 is 11.3 Å². The molecule has 1 atom stereocenters. The first-order chi connectivity index (χ1) is 9.10. The van der Waals surface area contributed by atoms with E-state index in [2.05, 4.69) is 35.6 Å². The highest BCUT2D eigenvalue weighted by Gasteiger charge is 2.42. The molecule has 2 rings (SSSR count). The quantitative estimate of drug-likeness (QED) is 0.596. The molecule has 1 aliphatic rings. The molecule has 3 N–H and O–H groups in total. The summed E-state index contributed by atoms with van der Waals surface area (Å²) in [6.07, 6.45) is 9.01. The number of nitrogens with one attached hydrogen (secondary N) is 1. The third-order valence-electron chi connectivity index (χ3n) is 4.82. The van der Waals surface area contributed by atoms with Gasteiger partial charge in [0.25, 0.3) is 0 Å². The first-order valence-corrected chi connectivity index (χ1v) is 7.20. The van der Waals surface area contributed by atoms with Crippen molar-refractivity contribution < 1.29 is 0 Å². The Bertz CT molecular complexity index is 392. The number of likely N-dealkylation sites (N-methyl/N-ethyl adjacent to an activating group) is 1. The van der Waals surface area contributed by atoms with Crippen LogP contribution in [0.1, 0.15) is 37.8 Å². The van der Waals surface area contributed by atoms with Gasteiger partial charge >= 0.3 is 0 Å². The summed E-state index contributed by atoms with van der Waals surface area (Å²) >= 11 is 0. The molecule has 0 aromatic carbocycles. The van der Waals surface area contributed by atoms with Crippen LogP contribution in [0.25, 0.3) is 0 Å². The van der Waals surface area contributed by atoms with E-state index in [-0.39, 0.29) is 5.54 Å². The summed E-state index contributed by atoms with van der Waals surface area (Å²) in [5.74, 6) is 5.85. The van der Waals surface area contributed by atoms with Gasteiger partial charge in [-0.25, -0.2) is 0 Å². The fourth-order valence-electron chi connectivity index (χ4n) is 3.54. The lowest BCUT2D eigenvalue weighted by molar-refractivity contribution is 0.0998. The number of aryl methyl sites for hydroxylation is 2. The monoisotopic (exact) mass is 265 g/mol. The molecule has 1 aromatic rings. The van der Waals surface area contributed by atoms with E-state index < -0.39 is 0 Å². The van der Waals surface area contributed by atoms with Crippen LogP contribution in [0, 0.1) is 0 Å². The summed E-state index contributed by atoms with van der Waals surface area (Å²) in [5.41, 5.74) is 4.56. The number of nitrogens with zero attached hydrogens (tertiary/aromatic N) is 3. The van der Waals surface area contributed by atoms with E-state index in [1.54, 1.807) is 0 Å². The predicted molar refractivity (Wildman–Crippen MR) is 77.5 cm³/mol. The number of hydrogen-bond donors (Lipinski definition) is 2. The first-order valence-electron chi connectivity index (χ1n) is 7.20.